The van der Waals surface area contributed by atoms with Crippen molar-refractivity contribution in [1.29, 1.82) is 0 Å². The molecular weight excluding hydrogens is 240 g/mol. The highest BCUT2D eigenvalue weighted by atomic mass is 32.1. The van der Waals surface area contributed by atoms with E-state index in [0.717, 1.165) is 12.8 Å². The van der Waals surface area contributed by atoms with Crippen molar-refractivity contribution in [2.75, 3.05) is 7.05 Å². The summed E-state index contributed by atoms with van der Waals surface area (Å²) in [6.07, 6.45) is 3.46. The molecule has 1 aromatic heterocycles. The highest BCUT2D eigenvalue weighted by Gasteiger charge is 2.22. The number of thiazole rings is 1. The van der Waals surface area contributed by atoms with Crippen molar-refractivity contribution in [2.24, 2.45) is 0 Å². The Bertz CT molecular complexity index is 559. The number of nitrogens with one attached hydrogen (secondary N) is 1. The van der Waals surface area contributed by atoms with E-state index < -0.39 is 0 Å². The van der Waals surface area contributed by atoms with Crippen molar-refractivity contribution in [1.82, 2.24) is 10.3 Å². The van der Waals surface area contributed by atoms with Gasteiger partial charge in [-0.15, -0.1) is 11.3 Å². The van der Waals surface area contributed by atoms with Crippen LogP contribution in [0.25, 0.3) is 10.6 Å². The van der Waals surface area contributed by atoms with Crippen LogP contribution in [0.5, 0.6) is 0 Å². The molecule has 2 nitrogen and oxygen atoms in total. The number of aryl methyl sites for hydroxylation is 2. The minimum absolute atomic E-state index is 0.627. The van der Waals surface area contributed by atoms with Gasteiger partial charge >= 0.3 is 0 Å². The Hall–Kier alpha value is -1.19. The predicted molar refractivity (Wildman–Crippen MR) is 77.2 cm³/mol. The normalized spacial score (nSPS) is 18.7. The minimum Gasteiger partial charge on any atom is -0.317 e. The van der Waals surface area contributed by atoms with Crippen LogP contribution in [0.4, 0.5) is 0 Å². The number of likely N-dealkylation sites (N-methyl/N-ethyl adjacent to an activating group) is 1. The number of hydrogen-bond acceptors (Lipinski definition) is 3. The molecular formula is C15H18N2S. The van der Waals surface area contributed by atoms with Crippen LogP contribution in [-0.4, -0.2) is 18.1 Å². The molecule has 1 atom stereocenters. The van der Waals surface area contributed by atoms with Gasteiger partial charge in [0, 0.05) is 16.5 Å². The maximum atomic E-state index is 4.84. The van der Waals surface area contributed by atoms with Gasteiger partial charge in [-0.3, -0.25) is 0 Å². The molecule has 1 N–H and O–H groups in total. The van der Waals surface area contributed by atoms with Gasteiger partial charge in [-0.25, -0.2) is 4.98 Å². The van der Waals surface area contributed by atoms with Gasteiger partial charge in [0.2, 0.25) is 0 Å². The lowest BCUT2D eigenvalue weighted by molar-refractivity contribution is 0.497. The minimum atomic E-state index is 0.627. The molecule has 1 heterocycles. The Morgan fingerprint density at radius 3 is 2.94 bits per heavy atom. The van der Waals surface area contributed by atoms with Crippen molar-refractivity contribution < 1.29 is 0 Å². The monoisotopic (exact) mass is 258 g/mol. The molecule has 0 radical (unpaired) electrons. The van der Waals surface area contributed by atoms with Crippen LogP contribution in [0, 0.1) is 6.92 Å². The number of aromatic nitrogens is 1. The van der Waals surface area contributed by atoms with E-state index >= 15 is 0 Å². The lowest BCUT2D eigenvalue weighted by Crippen LogP contribution is -2.30. The summed E-state index contributed by atoms with van der Waals surface area (Å²) in [5.74, 6) is 0. The van der Waals surface area contributed by atoms with Gasteiger partial charge in [0.25, 0.3) is 0 Å². The molecule has 1 aromatic carbocycles. The number of fused-ring (bicyclic) bond motifs is 1. The SMILES string of the molecule is CNC1CCc2nc(-c3ccccc3C)sc2C1. The molecule has 0 saturated carbocycles. The van der Waals surface area contributed by atoms with Crippen molar-refractivity contribution >= 4 is 11.3 Å². The average Bonchev–Trinajstić information content (AvgIpc) is 2.81. The van der Waals surface area contributed by atoms with E-state index in [2.05, 4.69) is 43.6 Å². The second-order valence-corrected chi connectivity index (χ2v) is 6.02. The zero-order chi connectivity index (χ0) is 12.5. The fourth-order valence-electron chi connectivity index (χ4n) is 2.55. The van der Waals surface area contributed by atoms with Crippen LogP contribution in [0.3, 0.4) is 0 Å². The Morgan fingerprint density at radius 2 is 2.17 bits per heavy atom. The second kappa shape index (κ2) is 4.82. The van der Waals surface area contributed by atoms with Crippen LogP contribution in [0.1, 0.15) is 22.6 Å². The highest BCUT2D eigenvalue weighted by molar-refractivity contribution is 7.15. The molecule has 0 saturated heterocycles. The Balaban J connectivity index is 1.97. The molecule has 1 unspecified atom stereocenters. The van der Waals surface area contributed by atoms with Gasteiger partial charge in [-0.2, -0.15) is 0 Å². The molecule has 0 bridgehead atoms. The van der Waals surface area contributed by atoms with E-state index in [1.807, 2.05) is 11.3 Å². The van der Waals surface area contributed by atoms with E-state index in [-0.39, 0.29) is 0 Å². The number of nitrogens with zero attached hydrogens (tertiary/aromatic N) is 1. The molecule has 1 aliphatic rings. The first kappa shape index (κ1) is 11.9. The topological polar surface area (TPSA) is 24.9 Å². The van der Waals surface area contributed by atoms with Gasteiger partial charge in [0.05, 0.1) is 5.69 Å². The van der Waals surface area contributed by atoms with Crippen LogP contribution in [0.2, 0.25) is 0 Å². The standard InChI is InChI=1S/C15H18N2S/c1-10-5-3-4-6-12(10)15-17-13-8-7-11(16-2)9-14(13)18-15/h3-6,11,16H,7-9H2,1-2H3. The van der Waals surface area contributed by atoms with Crippen LogP contribution >= 0.6 is 11.3 Å². The largest absolute Gasteiger partial charge is 0.317 e. The zero-order valence-electron chi connectivity index (χ0n) is 10.9. The molecule has 2 aromatic rings. The van der Waals surface area contributed by atoms with Gasteiger partial charge < -0.3 is 5.32 Å². The van der Waals surface area contributed by atoms with Gasteiger partial charge in [-0.1, -0.05) is 24.3 Å². The fourth-order valence-corrected chi connectivity index (χ4v) is 3.83. The average molecular weight is 258 g/mol. The van der Waals surface area contributed by atoms with E-state index in [0.29, 0.717) is 6.04 Å². The Morgan fingerprint density at radius 1 is 1.33 bits per heavy atom. The molecule has 3 heteroatoms. The van der Waals surface area contributed by atoms with Crippen molar-refractivity contribution in [3.8, 4) is 10.6 Å². The maximum absolute atomic E-state index is 4.84. The molecule has 18 heavy (non-hydrogen) atoms. The summed E-state index contributed by atoms with van der Waals surface area (Å²) in [7, 11) is 2.05. The van der Waals surface area contributed by atoms with Crippen LogP contribution in [0.15, 0.2) is 24.3 Å². The molecule has 3 rings (SSSR count). The second-order valence-electron chi connectivity index (χ2n) is 4.93. The summed E-state index contributed by atoms with van der Waals surface area (Å²) in [4.78, 5) is 6.31. The first-order chi connectivity index (χ1) is 8.78. The predicted octanol–water partition coefficient (Wildman–Crippen LogP) is 3.20. The van der Waals surface area contributed by atoms with Crippen molar-refractivity contribution in [3.05, 3.63) is 40.4 Å². The van der Waals surface area contributed by atoms with Gasteiger partial charge in [-0.05, 0) is 38.8 Å². The lowest BCUT2D eigenvalue weighted by Gasteiger charge is -2.19. The summed E-state index contributed by atoms with van der Waals surface area (Å²) in [5, 5.41) is 4.57. The van der Waals surface area contributed by atoms with E-state index in [1.165, 1.54) is 33.1 Å². The van der Waals surface area contributed by atoms with Crippen LogP contribution < -0.4 is 5.32 Å². The molecule has 1 aliphatic carbocycles. The lowest BCUT2D eigenvalue weighted by atomic mass is 9.98. The number of hydrogen-bond donors (Lipinski definition) is 1. The number of benzene rings is 1. The quantitative estimate of drug-likeness (QED) is 0.895. The molecule has 94 valence electrons. The third-order valence-corrected chi connectivity index (χ3v) is 4.88. The third kappa shape index (κ3) is 2.08. The molecule has 0 amide bonds. The van der Waals surface area contributed by atoms with Crippen molar-refractivity contribution in [2.45, 2.75) is 32.2 Å². The van der Waals surface area contributed by atoms with E-state index in [4.69, 9.17) is 4.98 Å². The first-order valence-corrected chi connectivity index (χ1v) is 7.31. The summed E-state index contributed by atoms with van der Waals surface area (Å²) in [6, 6.07) is 9.15. The van der Waals surface area contributed by atoms with Crippen LogP contribution in [-0.2, 0) is 12.8 Å². The third-order valence-electron chi connectivity index (χ3n) is 3.72. The maximum Gasteiger partial charge on any atom is 0.124 e. The summed E-state index contributed by atoms with van der Waals surface area (Å²) in [6.45, 7) is 2.16. The van der Waals surface area contributed by atoms with E-state index in [9.17, 15) is 0 Å². The summed E-state index contributed by atoms with van der Waals surface area (Å²) >= 11 is 1.87. The zero-order valence-corrected chi connectivity index (χ0v) is 11.7. The summed E-state index contributed by atoms with van der Waals surface area (Å²) < 4.78 is 0. The Kier molecular flexibility index (Phi) is 3.18. The molecule has 0 fully saturated rings. The van der Waals surface area contributed by atoms with Gasteiger partial charge in [0.1, 0.15) is 5.01 Å². The Labute approximate surface area is 112 Å². The highest BCUT2D eigenvalue weighted by Crippen LogP contribution is 2.33. The smallest absolute Gasteiger partial charge is 0.124 e. The molecule has 0 spiro atoms. The molecule has 0 aliphatic heterocycles. The number of rotatable bonds is 2. The first-order valence-electron chi connectivity index (χ1n) is 6.50. The van der Waals surface area contributed by atoms with E-state index in [1.54, 1.807) is 0 Å². The fraction of sp³-hybridized carbons (Fsp3) is 0.400. The summed E-state index contributed by atoms with van der Waals surface area (Å²) in [5.41, 5.74) is 3.93. The van der Waals surface area contributed by atoms with Gasteiger partial charge in [0.15, 0.2) is 0 Å². The van der Waals surface area contributed by atoms with Crippen molar-refractivity contribution in [3.63, 3.8) is 0 Å².